The number of hydrogen-bond donors (Lipinski definition) is 1. The lowest BCUT2D eigenvalue weighted by atomic mass is 9.90. The zero-order chi connectivity index (χ0) is 14.5. The Bertz CT molecular complexity index is 542. The van der Waals surface area contributed by atoms with Crippen LogP contribution in [-0.4, -0.2) is 18.1 Å². The Hall–Kier alpha value is -1.87. The van der Waals surface area contributed by atoms with E-state index < -0.39 is 0 Å². The number of rotatable bonds is 4. The van der Waals surface area contributed by atoms with Crippen molar-refractivity contribution in [1.29, 1.82) is 0 Å². The Morgan fingerprint density at radius 3 is 2.38 bits per heavy atom. The van der Waals surface area contributed by atoms with Gasteiger partial charge >= 0.3 is 0 Å². The summed E-state index contributed by atoms with van der Waals surface area (Å²) in [6.45, 7) is 2.77. The van der Waals surface area contributed by atoms with E-state index in [1.54, 1.807) is 0 Å². The van der Waals surface area contributed by atoms with Crippen molar-refractivity contribution in [3.8, 4) is 0 Å². The van der Waals surface area contributed by atoms with Crippen LogP contribution in [0.15, 0.2) is 48.7 Å². The summed E-state index contributed by atoms with van der Waals surface area (Å²) in [7, 11) is 0. The molecule has 3 rings (SSSR count). The number of aromatic nitrogens is 1. The van der Waals surface area contributed by atoms with Gasteiger partial charge in [-0.3, -0.25) is 0 Å². The molecule has 0 atom stereocenters. The highest BCUT2D eigenvalue weighted by molar-refractivity contribution is 5.39. The fraction of sp³-hybridized carbons (Fsp3) is 0.389. The van der Waals surface area contributed by atoms with Crippen LogP contribution in [0, 0.1) is 5.92 Å². The van der Waals surface area contributed by atoms with Crippen molar-refractivity contribution in [3.63, 3.8) is 0 Å². The first kappa shape index (κ1) is 14.1. The Labute approximate surface area is 126 Å². The maximum Gasteiger partial charge on any atom is 0.128 e. The monoisotopic (exact) mass is 281 g/mol. The molecule has 21 heavy (non-hydrogen) atoms. The molecule has 2 N–H and O–H groups in total. The molecule has 110 valence electrons. The fourth-order valence-corrected chi connectivity index (χ4v) is 3.04. The molecule has 1 aromatic carbocycles. The molecule has 1 aliphatic rings. The van der Waals surface area contributed by atoms with E-state index in [9.17, 15) is 0 Å². The number of anilines is 1. The van der Waals surface area contributed by atoms with Gasteiger partial charge in [0.15, 0.2) is 0 Å². The summed E-state index contributed by atoms with van der Waals surface area (Å²) >= 11 is 0. The van der Waals surface area contributed by atoms with Gasteiger partial charge in [-0.25, -0.2) is 4.98 Å². The van der Waals surface area contributed by atoms with Crippen LogP contribution in [0.25, 0.3) is 0 Å². The normalized spacial score (nSPS) is 16.1. The van der Waals surface area contributed by atoms with Gasteiger partial charge < -0.3 is 10.6 Å². The van der Waals surface area contributed by atoms with E-state index in [1.165, 1.54) is 24.8 Å². The first-order valence-electron chi connectivity index (χ1n) is 7.79. The number of piperidine rings is 1. The molecule has 0 amide bonds. The molecule has 1 saturated heterocycles. The smallest absolute Gasteiger partial charge is 0.128 e. The SMILES string of the molecule is NCc1ccc(N2CCC(Cc3ccccc3)CC2)nc1. The molecule has 3 nitrogen and oxygen atoms in total. The second-order valence-electron chi connectivity index (χ2n) is 5.85. The number of benzene rings is 1. The first-order valence-corrected chi connectivity index (χ1v) is 7.79. The molecular weight excluding hydrogens is 258 g/mol. The van der Waals surface area contributed by atoms with E-state index in [4.69, 9.17) is 5.73 Å². The van der Waals surface area contributed by atoms with Crippen LogP contribution >= 0.6 is 0 Å². The first-order chi connectivity index (χ1) is 10.3. The van der Waals surface area contributed by atoms with Gasteiger partial charge in [0, 0.05) is 25.8 Å². The molecule has 0 aliphatic carbocycles. The molecule has 0 unspecified atom stereocenters. The molecular formula is C18H23N3. The number of nitrogens with two attached hydrogens (primary N) is 1. The van der Waals surface area contributed by atoms with E-state index in [0.717, 1.165) is 30.4 Å². The van der Waals surface area contributed by atoms with E-state index >= 15 is 0 Å². The summed E-state index contributed by atoms with van der Waals surface area (Å²) < 4.78 is 0. The molecule has 3 heteroatoms. The zero-order valence-electron chi connectivity index (χ0n) is 12.4. The maximum absolute atomic E-state index is 5.62. The average Bonchev–Trinajstić information content (AvgIpc) is 2.57. The van der Waals surface area contributed by atoms with Gasteiger partial charge in [0.25, 0.3) is 0 Å². The lowest BCUT2D eigenvalue weighted by Crippen LogP contribution is -2.34. The summed E-state index contributed by atoms with van der Waals surface area (Å²) in [6, 6.07) is 15.0. The Kier molecular flexibility index (Phi) is 4.51. The van der Waals surface area contributed by atoms with Crippen LogP contribution in [0.4, 0.5) is 5.82 Å². The van der Waals surface area contributed by atoms with E-state index in [0.29, 0.717) is 6.54 Å². The van der Waals surface area contributed by atoms with Gasteiger partial charge in [-0.2, -0.15) is 0 Å². The van der Waals surface area contributed by atoms with Crippen LogP contribution in [0.5, 0.6) is 0 Å². The number of nitrogens with zero attached hydrogens (tertiary/aromatic N) is 2. The summed E-state index contributed by atoms with van der Waals surface area (Å²) in [5.74, 6) is 1.89. The van der Waals surface area contributed by atoms with Crippen LogP contribution in [0.1, 0.15) is 24.0 Å². The standard InChI is InChI=1S/C18H23N3/c19-13-17-6-7-18(20-14-17)21-10-8-16(9-11-21)12-15-4-2-1-3-5-15/h1-7,14,16H,8-13,19H2. The van der Waals surface area contributed by atoms with Gasteiger partial charge in [0.2, 0.25) is 0 Å². The highest BCUT2D eigenvalue weighted by atomic mass is 15.2. The van der Waals surface area contributed by atoms with Gasteiger partial charge in [0.05, 0.1) is 0 Å². The third-order valence-electron chi connectivity index (χ3n) is 4.35. The number of hydrogen-bond acceptors (Lipinski definition) is 3. The van der Waals surface area contributed by atoms with Crippen LogP contribution < -0.4 is 10.6 Å². The van der Waals surface area contributed by atoms with Gasteiger partial charge in [-0.1, -0.05) is 36.4 Å². The van der Waals surface area contributed by atoms with Crippen molar-refractivity contribution in [3.05, 3.63) is 59.8 Å². The third kappa shape index (κ3) is 3.61. The largest absolute Gasteiger partial charge is 0.357 e. The molecule has 2 aromatic rings. The zero-order valence-corrected chi connectivity index (χ0v) is 12.4. The molecule has 0 bridgehead atoms. The topological polar surface area (TPSA) is 42.1 Å². The van der Waals surface area contributed by atoms with Crippen molar-refractivity contribution >= 4 is 5.82 Å². The Morgan fingerprint density at radius 2 is 1.76 bits per heavy atom. The van der Waals surface area contributed by atoms with Crippen molar-refractivity contribution in [1.82, 2.24) is 4.98 Å². The lowest BCUT2D eigenvalue weighted by Gasteiger charge is -2.33. The predicted molar refractivity (Wildman–Crippen MR) is 87.2 cm³/mol. The molecule has 0 radical (unpaired) electrons. The van der Waals surface area contributed by atoms with Gasteiger partial charge in [-0.05, 0) is 42.4 Å². The Morgan fingerprint density at radius 1 is 1.00 bits per heavy atom. The molecule has 0 spiro atoms. The Balaban J connectivity index is 1.54. The minimum atomic E-state index is 0.562. The summed E-state index contributed by atoms with van der Waals surface area (Å²) in [5, 5.41) is 0. The van der Waals surface area contributed by atoms with Crippen molar-refractivity contribution in [2.45, 2.75) is 25.8 Å². The highest BCUT2D eigenvalue weighted by Gasteiger charge is 2.20. The van der Waals surface area contributed by atoms with E-state index in [2.05, 4.69) is 52.3 Å². The second-order valence-corrected chi connectivity index (χ2v) is 5.85. The minimum Gasteiger partial charge on any atom is -0.357 e. The van der Waals surface area contributed by atoms with Gasteiger partial charge in [0.1, 0.15) is 5.82 Å². The van der Waals surface area contributed by atoms with Crippen LogP contribution in [0.2, 0.25) is 0 Å². The number of pyridine rings is 1. The molecule has 1 fully saturated rings. The summed E-state index contributed by atoms with van der Waals surface area (Å²) in [4.78, 5) is 6.92. The third-order valence-corrected chi connectivity index (χ3v) is 4.35. The van der Waals surface area contributed by atoms with Crippen molar-refractivity contribution in [2.75, 3.05) is 18.0 Å². The van der Waals surface area contributed by atoms with E-state index in [-0.39, 0.29) is 0 Å². The predicted octanol–water partition coefficient (Wildman–Crippen LogP) is 3.00. The molecule has 1 aromatic heterocycles. The summed E-state index contributed by atoms with van der Waals surface area (Å²) in [5.41, 5.74) is 8.17. The lowest BCUT2D eigenvalue weighted by molar-refractivity contribution is 0.402. The highest BCUT2D eigenvalue weighted by Crippen LogP contribution is 2.24. The molecule has 1 aliphatic heterocycles. The molecule has 0 saturated carbocycles. The van der Waals surface area contributed by atoms with Crippen molar-refractivity contribution in [2.24, 2.45) is 11.7 Å². The van der Waals surface area contributed by atoms with E-state index in [1.807, 2.05) is 6.20 Å². The molecule has 2 heterocycles. The maximum atomic E-state index is 5.62. The quantitative estimate of drug-likeness (QED) is 0.936. The fourth-order valence-electron chi connectivity index (χ4n) is 3.04. The minimum absolute atomic E-state index is 0.562. The average molecular weight is 281 g/mol. The van der Waals surface area contributed by atoms with Gasteiger partial charge in [-0.15, -0.1) is 0 Å². The second kappa shape index (κ2) is 6.72. The summed E-state index contributed by atoms with van der Waals surface area (Å²) in [6.07, 6.45) is 5.59. The van der Waals surface area contributed by atoms with Crippen molar-refractivity contribution < 1.29 is 0 Å². The van der Waals surface area contributed by atoms with Crippen LogP contribution in [0.3, 0.4) is 0 Å². The van der Waals surface area contributed by atoms with Crippen LogP contribution in [-0.2, 0) is 13.0 Å².